The first-order valence-electron chi connectivity index (χ1n) is 6.02. The fourth-order valence-electron chi connectivity index (χ4n) is 2.08. The van der Waals surface area contributed by atoms with Gasteiger partial charge in [-0.25, -0.2) is 0 Å². The summed E-state index contributed by atoms with van der Waals surface area (Å²) >= 11 is 1.60. The van der Waals surface area contributed by atoms with Crippen molar-refractivity contribution in [3.8, 4) is 5.75 Å². The topological polar surface area (TPSA) is 46.5 Å². The summed E-state index contributed by atoms with van der Waals surface area (Å²) in [6, 6.07) is 9.32. The number of benzene rings is 1. The average Bonchev–Trinajstić information content (AvgIpc) is 2.81. The van der Waals surface area contributed by atoms with E-state index in [4.69, 9.17) is 4.74 Å². The monoisotopic (exact) mass is 276 g/mol. The van der Waals surface area contributed by atoms with Crippen molar-refractivity contribution < 1.29 is 14.6 Å². The van der Waals surface area contributed by atoms with Crippen LogP contribution in [-0.4, -0.2) is 18.2 Å². The lowest BCUT2D eigenvalue weighted by molar-refractivity contribution is -0.138. The molecule has 0 aliphatic heterocycles. The summed E-state index contributed by atoms with van der Waals surface area (Å²) in [7, 11) is 1.56. The Labute approximate surface area is 116 Å². The van der Waals surface area contributed by atoms with E-state index in [1.165, 1.54) is 0 Å². The van der Waals surface area contributed by atoms with Gasteiger partial charge in [-0.1, -0.05) is 18.2 Å². The van der Waals surface area contributed by atoms with E-state index in [1.807, 2.05) is 36.6 Å². The number of hydrogen-bond acceptors (Lipinski definition) is 3. The van der Waals surface area contributed by atoms with Crippen molar-refractivity contribution in [2.75, 3.05) is 7.11 Å². The smallest absolute Gasteiger partial charge is 0.311 e. The lowest BCUT2D eigenvalue weighted by Gasteiger charge is -2.15. The predicted octanol–water partition coefficient (Wildman–Crippen LogP) is 3.48. The Bertz CT molecular complexity index is 574. The quantitative estimate of drug-likeness (QED) is 0.909. The number of aliphatic carboxylic acids is 1. The molecule has 19 heavy (non-hydrogen) atoms. The third kappa shape index (κ3) is 2.96. The summed E-state index contributed by atoms with van der Waals surface area (Å²) in [5, 5.41) is 11.5. The second kappa shape index (κ2) is 5.89. The molecule has 0 saturated heterocycles. The Balaban J connectivity index is 2.35. The molecule has 1 aromatic carbocycles. The van der Waals surface area contributed by atoms with E-state index >= 15 is 0 Å². The van der Waals surface area contributed by atoms with Crippen molar-refractivity contribution >= 4 is 17.3 Å². The van der Waals surface area contributed by atoms with Crippen LogP contribution in [0.3, 0.4) is 0 Å². The Morgan fingerprint density at radius 2 is 2.11 bits per heavy atom. The third-order valence-electron chi connectivity index (χ3n) is 3.17. The van der Waals surface area contributed by atoms with Gasteiger partial charge in [0, 0.05) is 10.4 Å². The van der Waals surface area contributed by atoms with Crippen LogP contribution in [0, 0.1) is 6.92 Å². The van der Waals surface area contributed by atoms with Crippen LogP contribution in [0.5, 0.6) is 5.75 Å². The van der Waals surface area contributed by atoms with E-state index in [0.29, 0.717) is 12.2 Å². The molecule has 1 aromatic heterocycles. The maximum Gasteiger partial charge on any atom is 0.311 e. The normalized spacial score (nSPS) is 12.1. The van der Waals surface area contributed by atoms with Crippen LogP contribution in [0.15, 0.2) is 35.7 Å². The number of rotatable bonds is 5. The lowest BCUT2D eigenvalue weighted by Crippen LogP contribution is -2.15. The first kappa shape index (κ1) is 13.6. The molecule has 0 amide bonds. The molecular weight excluding hydrogens is 260 g/mol. The minimum absolute atomic E-state index is 0.499. The molecule has 0 aliphatic carbocycles. The van der Waals surface area contributed by atoms with Gasteiger partial charge in [-0.15, -0.1) is 11.3 Å². The molecule has 0 spiro atoms. The Hall–Kier alpha value is -1.81. The van der Waals surface area contributed by atoms with Crippen molar-refractivity contribution in [2.45, 2.75) is 19.3 Å². The highest BCUT2D eigenvalue weighted by molar-refractivity contribution is 7.10. The van der Waals surface area contributed by atoms with Crippen LogP contribution in [0.4, 0.5) is 0 Å². The molecule has 0 fully saturated rings. The highest BCUT2D eigenvalue weighted by atomic mass is 32.1. The van der Waals surface area contributed by atoms with Gasteiger partial charge in [-0.2, -0.15) is 0 Å². The maximum absolute atomic E-state index is 11.6. The number of carbonyl (C=O) groups is 1. The van der Waals surface area contributed by atoms with Crippen molar-refractivity contribution in [1.29, 1.82) is 0 Å². The molecule has 2 rings (SSSR count). The van der Waals surface area contributed by atoms with Crippen molar-refractivity contribution in [1.82, 2.24) is 0 Å². The molecule has 1 N–H and O–H groups in total. The van der Waals surface area contributed by atoms with E-state index in [9.17, 15) is 9.90 Å². The number of hydrogen-bond donors (Lipinski definition) is 1. The molecule has 100 valence electrons. The molecular formula is C15H16O3S. The van der Waals surface area contributed by atoms with Crippen LogP contribution in [0.1, 0.15) is 21.9 Å². The molecule has 0 saturated carbocycles. The van der Waals surface area contributed by atoms with E-state index in [-0.39, 0.29) is 0 Å². The zero-order valence-corrected chi connectivity index (χ0v) is 11.7. The van der Waals surface area contributed by atoms with E-state index in [1.54, 1.807) is 24.5 Å². The zero-order valence-electron chi connectivity index (χ0n) is 10.9. The number of ether oxygens (including phenoxy) is 1. The SMILES string of the molecule is COc1ccccc1C(Cc1sccc1C)C(=O)O. The van der Waals surface area contributed by atoms with E-state index < -0.39 is 11.9 Å². The first-order valence-corrected chi connectivity index (χ1v) is 6.90. The van der Waals surface area contributed by atoms with Gasteiger partial charge in [-0.3, -0.25) is 4.79 Å². The summed E-state index contributed by atoms with van der Waals surface area (Å²) in [5.74, 6) is -0.769. The van der Waals surface area contributed by atoms with Gasteiger partial charge in [0.05, 0.1) is 13.0 Å². The summed E-state index contributed by atoms with van der Waals surface area (Å²) in [4.78, 5) is 12.7. The third-order valence-corrected chi connectivity index (χ3v) is 4.22. The van der Waals surface area contributed by atoms with Crippen LogP contribution in [-0.2, 0) is 11.2 Å². The highest BCUT2D eigenvalue weighted by Gasteiger charge is 2.24. The predicted molar refractivity (Wildman–Crippen MR) is 76.1 cm³/mol. The van der Waals surface area contributed by atoms with Crippen molar-refractivity contribution in [2.24, 2.45) is 0 Å². The molecule has 3 nitrogen and oxygen atoms in total. The van der Waals surface area contributed by atoms with Crippen LogP contribution < -0.4 is 4.74 Å². The molecule has 1 unspecified atom stereocenters. The number of aryl methyl sites for hydroxylation is 1. The molecule has 0 bridgehead atoms. The van der Waals surface area contributed by atoms with Crippen molar-refractivity contribution in [3.05, 3.63) is 51.7 Å². The highest BCUT2D eigenvalue weighted by Crippen LogP contribution is 2.31. The standard InChI is InChI=1S/C15H16O3S/c1-10-7-8-19-14(10)9-12(15(16)17)11-5-3-4-6-13(11)18-2/h3-8,12H,9H2,1-2H3,(H,16,17). The summed E-state index contributed by atoms with van der Waals surface area (Å²) in [6.45, 7) is 2.01. The molecule has 2 aromatic rings. The van der Waals surface area contributed by atoms with Crippen LogP contribution in [0.25, 0.3) is 0 Å². The van der Waals surface area contributed by atoms with Gasteiger partial charge in [-0.05, 0) is 36.4 Å². The fraction of sp³-hybridized carbons (Fsp3) is 0.267. The van der Waals surface area contributed by atoms with Gasteiger partial charge in [0.2, 0.25) is 0 Å². The fourth-order valence-corrected chi connectivity index (χ4v) is 3.04. The average molecular weight is 276 g/mol. The zero-order chi connectivity index (χ0) is 13.8. The molecule has 1 heterocycles. The molecule has 1 atom stereocenters. The van der Waals surface area contributed by atoms with E-state index in [0.717, 1.165) is 16.0 Å². The molecule has 0 aliphatic rings. The molecule has 0 radical (unpaired) electrons. The van der Waals surface area contributed by atoms with Gasteiger partial charge in [0.15, 0.2) is 0 Å². The van der Waals surface area contributed by atoms with Crippen LogP contribution in [0.2, 0.25) is 0 Å². The summed E-state index contributed by atoms with van der Waals surface area (Å²) in [6.07, 6.45) is 0.499. The minimum atomic E-state index is -0.822. The Morgan fingerprint density at radius 1 is 1.37 bits per heavy atom. The van der Waals surface area contributed by atoms with Gasteiger partial charge in [0.1, 0.15) is 5.75 Å². The van der Waals surface area contributed by atoms with Gasteiger partial charge in [0.25, 0.3) is 0 Å². The largest absolute Gasteiger partial charge is 0.496 e. The summed E-state index contributed by atoms with van der Waals surface area (Å²) < 4.78 is 5.27. The minimum Gasteiger partial charge on any atom is -0.496 e. The lowest BCUT2D eigenvalue weighted by atomic mass is 9.93. The number of carboxylic acids is 1. The van der Waals surface area contributed by atoms with Gasteiger partial charge < -0.3 is 9.84 Å². The number of thiophene rings is 1. The Kier molecular flexibility index (Phi) is 4.22. The number of methoxy groups -OCH3 is 1. The number of para-hydroxylation sites is 1. The second-order valence-electron chi connectivity index (χ2n) is 4.36. The second-order valence-corrected chi connectivity index (χ2v) is 5.36. The van der Waals surface area contributed by atoms with Crippen molar-refractivity contribution in [3.63, 3.8) is 0 Å². The number of carboxylic acid groups (broad SMARTS) is 1. The maximum atomic E-state index is 11.6. The van der Waals surface area contributed by atoms with Crippen LogP contribution >= 0.6 is 11.3 Å². The first-order chi connectivity index (χ1) is 9.13. The Morgan fingerprint density at radius 3 is 2.68 bits per heavy atom. The van der Waals surface area contributed by atoms with Gasteiger partial charge >= 0.3 is 5.97 Å². The van der Waals surface area contributed by atoms with E-state index in [2.05, 4.69) is 0 Å². The summed E-state index contributed by atoms with van der Waals surface area (Å²) in [5.41, 5.74) is 1.87. The molecule has 4 heteroatoms.